The number of hydrogen-bond donors (Lipinski definition) is 3. The summed E-state index contributed by atoms with van der Waals surface area (Å²) >= 11 is 0. The van der Waals surface area contributed by atoms with Crippen molar-refractivity contribution in [2.24, 2.45) is 0 Å². The van der Waals surface area contributed by atoms with E-state index in [1.807, 2.05) is 32.9 Å². The molecule has 0 spiro atoms. The number of aromatic nitrogens is 1. The molecule has 0 aliphatic carbocycles. The van der Waals surface area contributed by atoms with Crippen molar-refractivity contribution in [3.8, 4) is 17.2 Å². The van der Waals surface area contributed by atoms with Crippen LogP contribution in [0.3, 0.4) is 0 Å². The minimum absolute atomic E-state index is 0.00877. The summed E-state index contributed by atoms with van der Waals surface area (Å²) in [4.78, 5) is 44.6. The van der Waals surface area contributed by atoms with Gasteiger partial charge in [-0.25, -0.2) is 4.79 Å². The van der Waals surface area contributed by atoms with E-state index in [1.165, 1.54) is 43.5 Å². The standard InChI is InChI=1S/C33H36N4O7/c1-33(2,3)44-32(41)37(4)15-14-20-10-12-23(13-11-20)35-31(40)24-17-27(42-5)28(43-6)18-25(24)36-30(39)22-16-21-8-7-9-26(38)29(21)34-19-22/h7-13,16-19,38H,14-15H2,1-6H3,(H,35,40)(H,36,39). The highest BCUT2D eigenvalue weighted by atomic mass is 16.6. The summed E-state index contributed by atoms with van der Waals surface area (Å²) in [6, 6.07) is 16.8. The Labute approximate surface area is 255 Å². The number of amides is 3. The number of pyridine rings is 1. The van der Waals surface area contributed by atoms with Crippen LogP contribution in [0.5, 0.6) is 17.2 Å². The molecule has 0 aliphatic rings. The SMILES string of the molecule is COc1cc(NC(=O)c2cnc3c(O)cccc3c2)c(C(=O)Nc2ccc(CCN(C)C(=O)OC(C)(C)C)cc2)cc1OC. The summed E-state index contributed by atoms with van der Waals surface area (Å²) in [5, 5.41) is 16.2. The van der Waals surface area contributed by atoms with Gasteiger partial charge < -0.3 is 34.9 Å². The zero-order valence-electron chi connectivity index (χ0n) is 25.6. The summed E-state index contributed by atoms with van der Waals surface area (Å²) in [6.07, 6.45) is 1.56. The number of likely N-dealkylation sites (N-methyl/N-ethyl adjacent to an activating group) is 1. The van der Waals surface area contributed by atoms with Crippen LogP contribution in [0.1, 0.15) is 47.1 Å². The fourth-order valence-corrected chi connectivity index (χ4v) is 4.31. The fraction of sp³-hybridized carbons (Fsp3) is 0.273. The van der Waals surface area contributed by atoms with Crippen LogP contribution in [0.25, 0.3) is 10.9 Å². The number of rotatable bonds is 9. The van der Waals surface area contributed by atoms with Crippen LogP contribution >= 0.6 is 0 Å². The number of aromatic hydroxyl groups is 1. The number of nitrogens with zero attached hydrogens (tertiary/aromatic N) is 2. The van der Waals surface area contributed by atoms with Crippen molar-refractivity contribution in [3.63, 3.8) is 0 Å². The number of nitrogens with one attached hydrogen (secondary N) is 2. The molecule has 0 saturated heterocycles. The Morgan fingerprint density at radius 3 is 2.25 bits per heavy atom. The molecule has 4 rings (SSSR count). The van der Waals surface area contributed by atoms with Crippen molar-refractivity contribution in [2.75, 3.05) is 38.4 Å². The van der Waals surface area contributed by atoms with E-state index in [1.54, 1.807) is 37.4 Å². The molecule has 1 aromatic heterocycles. The van der Waals surface area contributed by atoms with Gasteiger partial charge in [0.25, 0.3) is 11.8 Å². The van der Waals surface area contributed by atoms with Gasteiger partial charge in [0, 0.05) is 36.9 Å². The second kappa shape index (κ2) is 13.3. The summed E-state index contributed by atoms with van der Waals surface area (Å²) in [5.74, 6) is -0.357. The molecule has 0 atom stereocenters. The van der Waals surface area contributed by atoms with Gasteiger partial charge in [0.15, 0.2) is 11.5 Å². The van der Waals surface area contributed by atoms with Gasteiger partial charge in [-0.05, 0) is 63.1 Å². The number of phenols is 1. The highest BCUT2D eigenvalue weighted by Gasteiger charge is 2.21. The Morgan fingerprint density at radius 2 is 1.59 bits per heavy atom. The van der Waals surface area contributed by atoms with Gasteiger partial charge in [-0.1, -0.05) is 24.3 Å². The first-order valence-corrected chi connectivity index (χ1v) is 13.9. The minimum Gasteiger partial charge on any atom is -0.506 e. The van der Waals surface area contributed by atoms with E-state index >= 15 is 0 Å². The lowest BCUT2D eigenvalue weighted by Gasteiger charge is -2.24. The Hall–Kier alpha value is -5.32. The van der Waals surface area contributed by atoms with E-state index in [2.05, 4.69) is 15.6 Å². The number of ether oxygens (including phenoxy) is 3. The summed E-state index contributed by atoms with van der Waals surface area (Å²) in [5.41, 5.74) is 1.88. The monoisotopic (exact) mass is 600 g/mol. The van der Waals surface area contributed by atoms with Gasteiger partial charge in [-0.2, -0.15) is 0 Å². The first kappa shape index (κ1) is 31.6. The van der Waals surface area contributed by atoms with Crippen molar-refractivity contribution >= 4 is 40.2 Å². The van der Waals surface area contributed by atoms with Crippen molar-refractivity contribution in [1.29, 1.82) is 0 Å². The zero-order chi connectivity index (χ0) is 32.0. The Balaban J connectivity index is 1.50. The van der Waals surface area contributed by atoms with E-state index in [-0.39, 0.29) is 22.6 Å². The Bertz CT molecular complexity index is 1680. The van der Waals surface area contributed by atoms with Crippen LogP contribution < -0.4 is 20.1 Å². The van der Waals surface area contributed by atoms with Crippen molar-refractivity contribution in [1.82, 2.24) is 9.88 Å². The Kier molecular flexibility index (Phi) is 9.57. The number of phenolic OH excluding ortho intramolecular Hbond substituents is 1. The lowest BCUT2D eigenvalue weighted by molar-refractivity contribution is 0.0300. The van der Waals surface area contributed by atoms with Crippen LogP contribution in [0, 0.1) is 0 Å². The molecule has 0 saturated carbocycles. The molecular weight excluding hydrogens is 564 g/mol. The van der Waals surface area contributed by atoms with E-state index in [0.717, 1.165) is 5.56 Å². The first-order valence-electron chi connectivity index (χ1n) is 13.9. The fourth-order valence-electron chi connectivity index (χ4n) is 4.31. The summed E-state index contributed by atoms with van der Waals surface area (Å²) < 4.78 is 16.2. The van der Waals surface area contributed by atoms with Crippen molar-refractivity contribution in [2.45, 2.75) is 32.8 Å². The number of benzene rings is 3. The van der Waals surface area contributed by atoms with Crippen LogP contribution in [-0.2, 0) is 11.2 Å². The maximum absolute atomic E-state index is 13.5. The minimum atomic E-state index is -0.569. The van der Waals surface area contributed by atoms with Crippen LogP contribution in [0.2, 0.25) is 0 Å². The number of fused-ring (bicyclic) bond motifs is 1. The van der Waals surface area contributed by atoms with E-state index in [4.69, 9.17) is 14.2 Å². The van der Waals surface area contributed by atoms with Gasteiger partial charge >= 0.3 is 6.09 Å². The number of para-hydroxylation sites is 1. The highest BCUT2D eigenvalue weighted by Crippen LogP contribution is 2.34. The number of carbonyl (C=O) groups is 3. The van der Waals surface area contributed by atoms with Crippen LogP contribution in [-0.4, -0.2) is 66.3 Å². The predicted molar refractivity (Wildman–Crippen MR) is 168 cm³/mol. The maximum Gasteiger partial charge on any atom is 0.410 e. The molecule has 230 valence electrons. The first-order chi connectivity index (χ1) is 20.9. The van der Waals surface area contributed by atoms with Gasteiger partial charge in [-0.3, -0.25) is 14.6 Å². The molecule has 1 heterocycles. The van der Waals surface area contributed by atoms with Crippen LogP contribution in [0.4, 0.5) is 16.2 Å². The molecule has 3 N–H and O–H groups in total. The lowest BCUT2D eigenvalue weighted by Crippen LogP contribution is -2.35. The molecule has 0 fully saturated rings. The van der Waals surface area contributed by atoms with Crippen molar-refractivity contribution in [3.05, 3.63) is 83.6 Å². The molecule has 0 unspecified atom stereocenters. The molecule has 0 aliphatic heterocycles. The van der Waals surface area contributed by atoms with Crippen LogP contribution in [0.15, 0.2) is 66.9 Å². The second-order valence-corrected chi connectivity index (χ2v) is 11.1. The number of methoxy groups -OCH3 is 2. The third kappa shape index (κ3) is 7.74. The molecule has 44 heavy (non-hydrogen) atoms. The average Bonchev–Trinajstić information content (AvgIpc) is 2.99. The zero-order valence-corrected chi connectivity index (χ0v) is 25.6. The van der Waals surface area contributed by atoms with E-state index < -0.39 is 23.5 Å². The smallest absolute Gasteiger partial charge is 0.410 e. The topological polar surface area (TPSA) is 139 Å². The van der Waals surface area contributed by atoms with Gasteiger partial charge in [0.05, 0.1) is 31.0 Å². The van der Waals surface area contributed by atoms with E-state index in [0.29, 0.717) is 41.1 Å². The molecule has 3 amide bonds. The molecule has 4 aromatic rings. The van der Waals surface area contributed by atoms with Crippen molar-refractivity contribution < 1.29 is 33.7 Å². The normalized spacial score (nSPS) is 11.0. The molecule has 0 radical (unpaired) electrons. The number of hydrogen-bond acceptors (Lipinski definition) is 8. The molecular formula is C33H36N4O7. The van der Waals surface area contributed by atoms with Gasteiger partial charge in [-0.15, -0.1) is 0 Å². The third-order valence-corrected chi connectivity index (χ3v) is 6.62. The highest BCUT2D eigenvalue weighted by molar-refractivity contribution is 6.13. The van der Waals surface area contributed by atoms with E-state index in [9.17, 15) is 19.5 Å². The molecule has 3 aromatic carbocycles. The number of carbonyl (C=O) groups excluding carboxylic acids is 3. The average molecular weight is 601 g/mol. The summed E-state index contributed by atoms with van der Waals surface area (Å²) in [6.45, 7) is 5.92. The predicted octanol–water partition coefficient (Wildman–Crippen LogP) is 5.87. The van der Waals surface area contributed by atoms with Gasteiger partial charge in [0.2, 0.25) is 0 Å². The molecule has 11 heteroatoms. The maximum atomic E-state index is 13.5. The largest absolute Gasteiger partial charge is 0.506 e. The third-order valence-electron chi connectivity index (χ3n) is 6.62. The number of anilines is 2. The molecule has 0 bridgehead atoms. The molecule has 11 nitrogen and oxygen atoms in total. The van der Waals surface area contributed by atoms with Gasteiger partial charge in [0.1, 0.15) is 16.9 Å². The lowest BCUT2D eigenvalue weighted by atomic mass is 10.1. The second-order valence-electron chi connectivity index (χ2n) is 11.1. The Morgan fingerprint density at radius 1 is 0.909 bits per heavy atom. The summed E-state index contributed by atoms with van der Waals surface area (Å²) in [7, 11) is 4.59. The quantitative estimate of drug-likeness (QED) is 0.217.